The van der Waals surface area contributed by atoms with Crippen molar-refractivity contribution in [2.45, 2.75) is 54.5 Å². The second kappa shape index (κ2) is 9.24. The fourth-order valence-electron chi connectivity index (χ4n) is 1.50. The molecule has 0 bridgehead atoms. The summed E-state index contributed by atoms with van der Waals surface area (Å²) in [7, 11) is 0. The highest BCUT2D eigenvalue weighted by Crippen LogP contribution is 2.08. The average Bonchev–Trinajstić information content (AvgIpc) is 2.31. The van der Waals surface area contributed by atoms with E-state index in [1.54, 1.807) is 6.92 Å². The lowest BCUT2D eigenvalue weighted by molar-refractivity contribution is -0.142. The van der Waals surface area contributed by atoms with Crippen LogP contribution in [0.25, 0.3) is 0 Å². The van der Waals surface area contributed by atoms with E-state index in [-0.39, 0.29) is 11.8 Å². The number of esters is 1. The van der Waals surface area contributed by atoms with Gasteiger partial charge in [-0.1, -0.05) is 33.4 Å². The first kappa shape index (κ1) is 19.3. The summed E-state index contributed by atoms with van der Waals surface area (Å²) in [6, 6.07) is -0.751. The van der Waals surface area contributed by atoms with E-state index in [1.807, 2.05) is 41.5 Å². The lowest BCUT2D eigenvalue weighted by atomic mass is 10.1. The summed E-state index contributed by atoms with van der Waals surface area (Å²) in [5.41, 5.74) is 3.82. The zero-order chi connectivity index (χ0) is 16.6. The third kappa shape index (κ3) is 8.92. The normalized spacial score (nSPS) is 11.7. The zero-order valence-corrected chi connectivity index (χ0v) is 14.1. The van der Waals surface area contributed by atoms with Gasteiger partial charge < -0.3 is 14.8 Å². The SMILES string of the molecule is CC(C)=C=C(C)OC(=O)C(NC(=O)OCC(C)C)C(C)C. The van der Waals surface area contributed by atoms with Crippen LogP contribution in [-0.4, -0.2) is 24.7 Å². The van der Waals surface area contributed by atoms with Crippen LogP contribution in [0.4, 0.5) is 4.79 Å². The number of carbonyl (C=O) groups is 2. The topological polar surface area (TPSA) is 64.6 Å². The van der Waals surface area contributed by atoms with Crippen molar-refractivity contribution in [3.05, 3.63) is 17.1 Å². The van der Waals surface area contributed by atoms with Gasteiger partial charge in [0.1, 0.15) is 11.8 Å². The highest BCUT2D eigenvalue weighted by Gasteiger charge is 2.26. The van der Waals surface area contributed by atoms with Gasteiger partial charge in [-0.25, -0.2) is 9.59 Å². The van der Waals surface area contributed by atoms with Crippen LogP contribution in [0.1, 0.15) is 48.5 Å². The van der Waals surface area contributed by atoms with Crippen molar-refractivity contribution in [2.75, 3.05) is 6.61 Å². The molecule has 0 saturated carbocycles. The van der Waals surface area contributed by atoms with Gasteiger partial charge in [-0.3, -0.25) is 0 Å². The van der Waals surface area contributed by atoms with Crippen molar-refractivity contribution < 1.29 is 19.1 Å². The van der Waals surface area contributed by atoms with Crippen LogP contribution in [0.5, 0.6) is 0 Å². The quantitative estimate of drug-likeness (QED) is 0.463. The van der Waals surface area contributed by atoms with Crippen molar-refractivity contribution in [1.29, 1.82) is 0 Å². The van der Waals surface area contributed by atoms with E-state index in [2.05, 4.69) is 11.0 Å². The Labute approximate surface area is 127 Å². The van der Waals surface area contributed by atoms with Crippen LogP contribution in [0.15, 0.2) is 17.1 Å². The first-order valence-electron chi connectivity index (χ1n) is 7.19. The molecule has 21 heavy (non-hydrogen) atoms. The first-order chi connectivity index (χ1) is 9.63. The van der Waals surface area contributed by atoms with Crippen LogP contribution in [0.3, 0.4) is 0 Å². The number of ether oxygens (including phenoxy) is 2. The van der Waals surface area contributed by atoms with Gasteiger partial charge in [-0.15, -0.1) is 0 Å². The van der Waals surface area contributed by atoms with Gasteiger partial charge in [0.2, 0.25) is 0 Å². The Morgan fingerprint density at radius 3 is 2.10 bits per heavy atom. The third-order valence-electron chi connectivity index (χ3n) is 2.42. The molecule has 0 heterocycles. The van der Waals surface area contributed by atoms with Crippen molar-refractivity contribution in [2.24, 2.45) is 11.8 Å². The summed E-state index contributed by atoms with van der Waals surface area (Å²) >= 11 is 0. The molecule has 0 aromatic heterocycles. The molecule has 0 aromatic rings. The Morgan fingerprint density at radius 1 is 1.10 bits per heavy atom. The van der Waals surface area contributed by atoms with Crippen LogP contribution in [0, 0.1) is 11.8 Å². The third-order valence-corrected chi connectivity index (χ3v) is 2.42. The number of rotatable bonds is 6. The highest BCUT2D eigenvalue weighted by atomic mass is 16.6. The van der Waals surface area contributed by atoms with E-state index in [0.717, 1.165) is 5.57 Å². The fourth-order valence-corrected chi connectivity index (χ4v) is 1.50. The number of carbonyl (C=O) groups excluding carboxylic acids is 2. The number of amides is 1. The molecule has 5 heteroatoms. The molecule has 0 spiro atoms. The molecule has 5 nitrogen and oxygen atoms in total. The largest absolute Gasteiger partial charge is 0.449 e. The van der Waals surface area contributed by atoms with Crippen LogP contribution >= 0.6 is 0 Å². The number of hydrogen-bond donors (Lipinski definition) is 1. The average molecular weight is 297 g/mol. The minimum Gasteiger partial charge on any atom is -0.449 e. The summed E-state index contributed by atoms with van der Waals surface area (Å²) in [4.78, 5) is 23.8. The van der Waals surface area contributed by atoms with Crippen molar-refractivity contribution >= 4 is 12.1 Å². The molecular weight excluding hydrogens is 270 g/mol. The van der Waals surface area contributed by atoms with Gasteiger partial charge in [0.05, 0.1) is 6.61 Å². The maximum absolute atomic E-state index is 12.1. The number of alkyl carbamates (subject to hydrolysis) is 1. The van der Waals surface area contributed by atoms with Gasteiger partial charge in [-0.05, 0) is 31.3 Å². The molecule has 120 valence electrons. The molecule has 1 unspecified atom stereocenters. The number of allylic oxidation sites excluding steroid dienone is 1. The summed E-state index contributed by atoms with van der Waals surface area (Å²) in [6.07, 6.45) is -0.608. The summed E-state index contributed by atoms with van der Waals surface area (Å²) in [5, 5.41) is 2.55. The predicted octanol–water partition coefficient (Wildman–Crippen LogP) is 3.41. The molecule has 0 aliphatic carbocycles. The molecule has 0 aromatic carbocycles. The van der Waals surface area contributed by atoms with E-state index in [1.165, 1.54) is 0 Å². The predicted molar refractivity (Wildman–Crippen MR) is 81.6 cm³/mol. The molecule has 0 aliphatic rings. The molecule has 0 aliphatic heterocycles. The monoisotopic (exact) mass is 297 g/mol. The molecule has 0 saturated heterocycles. The second-order valence-electron chi connectivity index (χ2n) is 5.96. The lowest BCUT2D eigenvalue weighted by Crippen LogP contribution is -2.45. The Balaban J connectivity index is 4.72. The Bertz CT molecular complexity index is 428. The van der Waals surface area contributed by atoms with E-state index < -0.39 is 18.1 Å². The van der Waals surface area contributed by atoms with Crippen molar-refractivity contribution in [3.8, 4) is 0 Å². The lowest BCUT2D eigenvalue weighted by Gasteiger charge is -2.20. The first-order valence-corrected chi connectivity index (χ1v) is 7.19. The molecule has 1 atom stereocenters. The molecule has 1 amide bonds. The fraction of sp³-hybridized carbons (Fsp3) is 0.688. The molecule has 0 fully saturated rings. The van der Waals surface area contributed by atoms with Crippen LogP contribution < -0.4 is 5.32 Å². The van der Waals surface area contributed by atoms with Crippen LogP contribution in [0.2, 0.25) is 0 Å². The van der Waals surface area contributed by atoms with Crippen LogP contribution in [-0.2, 0) is 14.3 Å². The standard InChI is InChI=1S/C16H27NO4/c1-10(2)8-13(7)21-15(18)14(12(5)6)17-16(19)20-9-11(3)4/h11-12,14H,9H2,1-7H3,(H,17,19). The van der Waals surface area contributed by atoms with Gasteiger partial charge in [0.25, 0.3) is 0 Å². The zero-order valence-electron chi connectivity index (χ0n) is 14.1. The van der Waals surface area contributed by atoms with E-state index in [4.69, 9.17) is 9.47 Å². The Kier molecular flexibility index (Phi) is 8.48. The number of hydrogen-bond acceptors (Lipinski definition) is 4. The molecule has 0 rings (SSSR count). The maximum Gasteiger partial charge on any atom is 0.407 e. The summed E-state index contributed by atoms with van der Waals surface area (Å²) in [6.45, 7) is 13.2. The smallest absolute Gasteiger partial charge is 0.407 e. The minimum absolute atomic E-state index is 0.108. The minimum atomic E-state index is -0.751. The highest BCUT2D eigenvalue weighted by molar-refractivity contribution is 5.82. The van der Waals surface area contributed by atoms with Gasteiger partial charge in [0.15, 0.2) is 0 Å². The van der Waals surface area contributed by atoms with Gasteiger partial charge in [-0.2, -0.15) is 0 Å². The second-order valence-corrected chi connectivity index (χ2v) is 5.96. The van der Waals surface area contributed by atoms with Gasteiger partial charge >= 0.3 is 12.1 Å². The number of nitrogens with one attached hydrogen (secondary N) is 1. The molecule has 1 N–H and O–H groups in total. The van der Waals surface area contributed by atoms with Crippen molar-refractivity contribution in [1.82, 2.24) is 5.32 Å². The van der Waals surface area contributed by atoms with Crippen molar-refractivity contribution in [3.63, 3.8) is 0 Å². The van der Waals surface area contributed by atoms with E-state index in [9.17, 15) is 9.59 Å². The summed E-state index contributed by atoms with van der Waals surface area (Å²) < 4.78 is 10.2. The molecule has 0 radical (unpaired) electrons. The van der Waals surface area contributed by atoms with Gasteiger partial charge in [0, 0.05) is 6.92 Å². The Hall–Kier alpha value is -1.74. The maximum atomic E-state index is 12.1. The van der Waals surface area contributed by atoms with E-state index >= 15 is 0 Å². The van der Waals surface area contributed by atoms with E-state index in [0.29, 0.717) is 12.4 Å². The molecular formula is C16H27NO4. The Morgan fingerprint density at radius 2 is 1.67 bits per heavy atom. The summed E-state index contributed by atoms with van der Waals surface area (Å²) in [5.74, 6) is -0.00704.